The van der Waals surface area contributed by atoms with Gasteiger partial charge in [0.15, 0.2) is 18.5 Å². The fraction of sp³-hybridized carbons (Fsp3) is 0.300. The van der Waals surface area contributed by atoms with Crippen LogP contribution >= 0.6 is 0 Å². The first-order chi connectivity index (χ1) is 15.5. The first-order valence-corrected chi connectivity index (χ1v) is 10.7. The molecule has 1 saturated heterocycles. The Balaban J connectivity index is 1.81. The summed E-state index contributed by atoms with van der Waals surface area (Å²) in [6.45, 7) is -0.691. The van der Waals surface area contributed by atoms with Gasteiger partial charge >= 0.3 is 27.6 Å². The summed E-state index contributed by atoms with van der Waals surface area (Å²) >= 11 is 0. The molecule has 1 N–H and O–H groups in total. The van der Waals surface area contributed by atoms with Crippen molar-refractivity contribution < 1.29 is 54.7 Å². The lowest BCUT2D eigenvalue weighted by Crippen LogP contribution is -2.43. The van der Waals surface area contributed by atoms with Crippen molar-refractivity contribution in [3.05, 3.63) is 71.8 Å². The van der Waals surface area contributed by atoms with Crippen LogP contribution in [0.5, 0.6) is 0 Å². The summed E-state index contributed by atoms with van der Waals surface area (Å²) < 4.78 is 80.6. The summed E-state index contributed by atoms with van der Waals surface area (Å²) in [5.41, 5.74) is -5.68. The molecule has 1 aliphatic heterocycles. The summed E-state index contributed by atoms with van der Waals surface area (Å²) in [5.74, 6) is -1.90. The van der Waals surface area contributed by atoms with Crippen molar-refractivity contribution in [2.45, 2.75) is 30.1 Å². The lowest BCUT2D eigenvalue weighted by molar-refractivity contribution is -0.132. The third-order valence-electron chi connectivity index (χ3n) is 4.45. The van der Waals surface area contributed by atoms with Gasteiger partial charge in [-0.05, 0) is 24.3 Å². The number of halogens is 3. The largest absolute Gasteiger partial charge is 0.523 e. The second kappa shape index (κ2) is 9.87. The van der Waals surface area contributed by atoms with Crippen LogP contribution in [0.3, 0.4) is 0 Å². The summed E-state index contributed by atoms with van der Waals surface area (Å²) in [6, 6.07) is 14.9. The number of rotatable bonds is 7. The molecule has 9 nitrogen and oxygen atoms in total. The number of aliphatic hydroxyl groups excluding tert-OH is 1. The number of hydrogen-bond donors (Lipinski definition) is 1. The quantitative estimate of drug-likeness (QED) is 0.352. The second-order valence-corrected chi connectivity index (χ2v) is 8.29. The van der Waals surface area contributed by atoms with Gasteiger partial charge < -0.3 is 19.3 Å². The average molecular weight is 490 g/mol. The van der Waals surface area contributed by atoms with Gasteiger partial charge in [-0.15, -0.1) is 0 Å². The Morgan fingerprint density at radius 3 is 1.94 bits per heavy atom. The van der Waals surface area contributed by atoms with Gasteiger partial charge in [0.25, 0.3) is 0 Å². The van der Waals surface area contributed by atoms with Crippen molar-refractivity contribution in [3.63, 3.8) is 0 Å². The predicted octanol–water partition coefficient (Wildman–Crippen LogP) is 2.02. The Kier molecular flexibility index (Phi) is 7.37. The van der Waals surface area contributed by atoms with Gasteiger partial charge in [0, 0.05) is 0 Å². The van der Waals surface area contributed by atoms with Gasteiger partial charge in [0.2, 0.25) is 0 Å². The maximum Gasteiger partial charge on any atom is 0.523 e. The monoisotopic (exact) mass is 490 g/mol. The van der Waals surface area contributed by atoms with Crippen molar-refractivity contribution in [3.8, 4) is 0 Å². The third-order valence-corrected chi connectivity index (χ3v) is 5.49. The van der Waals surface area contributed by atoms with Crippen molar-refractivity contribution >= 4 is 22.1 Å². The van der Waals surface area contributed by atoms with E-state index in [0.29, 0.717) is 0 Å². The van der Waals surface area contributed by atoms with E-state index in [1.165, 1.54) is 36.4 Å². The van der Waals surface area contributed by atoms with E-state index in [1.54, 1.807) is 24.3 Å². The fourth-order valence-corrected chi connectivity index (χ4v) is 3.48. The van der Waals surface area contributed by atoms with Gasteiger partial charge in [0.1, 0.15) is 12.7 Å². The SMILES string of the molecule is O=C(OC[C@H]1O[C@H](O)[C@@H](OS(=O)(=O)C(F)(F)F)C1OC(=O)c1ccccc1)c1ccccc1. The number of alkyl halides is 3. The minimum absolute atomic E-state index is 0.0173. The van der Waals surface area contributed by atoms with Crippen LogP contribution in [0.1, 0.15) is 20.7 Å². The highest BCUT2D eigenvalue weighted by atomic mass is 32.2. The number of ether oxygens (including phenoxy) is 3. The predicted molar refractivity (Wildman–Crippen MR) is 103 cm³/mol. The minimum Gasteiger partial charge on any atom is -0.459 e. The third kappa shape index (κ3) is 5.87. The Labute approximate surface area is 185 Å². The standard InChI is InChI=1S/C20H17F3O9S/c21-20(22,23)33(27,28)32-16-15(31-18(25)13-9-5-2-6-10-13)14(30-19(16)26)11-29-17(24)12-7-3-1-4-8-12/h1-10,14-16,19,26H,11H2/t14-,15?,16+,19+/m1/s1. The maximum absolute atomic E-state index is 12.8. The average Bonchev–Trinajstić information content (AvgIpc) is 3.06. The van der Waals surface area contributed by atoms with Gasteiger partial charge in [0.05, 0.1) is 11.1 Å². The Hall–Kier alpha value is -3.00. The zero-order valence-corrected chi connectivity index (χ0v) is 17.4. The Morgan fingerprint density at radius 1 is 0.909 bits per heavy atom. The molecule has 0 spiro atoms. The van der Waals surface area contributed by atoms with Gasteiger partial charge in [-0.25, -0.2) is 9.59 Å². The molecule has 0 aromatic heterocycles. The maximum atomic E-state index is 12.8. The molecule has 178 valence electrons. The van der Waals surface area contributed by atoms with Crippen LogP contribution in [0.25, 0.3) is 0 Å². The molecule has 0 radical (unpaired) electrons. The molecule has 0 saturated carbocycles. The van der Waals surface area contributed by atoms with Gasteiger partial charge in [-0.2, -0.15) is 21.6 Å². The molecule has 0 amide bonds. The molecule has 1 aliphatic rings. The molecule has 1 heterocycles. The number of aliphatic hydroxyl groups is 1. The van der Waals surface area contributed by atoms with E-state index in [1.807, 2.05) is 0 Å². The van der Waals surface area contributed by atoms with Crippen LogP contribution in [-0.4, -0.2) is 62.2 Å². The molecule has 2 aromatic rings. The molecule has 1 unspecified atom stereocenters. The summed E-state index contributed by atoms with van der Waals surface area (Å²) in [7, 11) is -6.18. The molecule has 33 heavy (non-hydrogen) atoms. The number of benzene rings is 2. The molecule has 1 fully saturated rings. The highest BCUT2D eigenvalue weighted by Crippen LogP contribution is 2.33. The zero-order chi connectivity index (χ0) is 24.2. The number of carbonyl (C=O) groups excluding carboxylic acids is 2. The van der Waals surface area contributed by atoms with Crippen LogP contribution in [-0.2, 0) is 28.5 Å². The zero-order valence-electron chi connectivity index (χ0n) is 16.5. The molecule has 0 aliphatic carbocycles. The molecular formula is C20H17F3O9S. The van der Waals surface area contributed by atoms with E-state index in [-0.39, 0.29) is 11.1 Å². The second-order valence-electron chi connectivity index (χ2n) is 6.73. The van der Waals surface area contributed by atoms with E-state index >= 15 is 0 Å². The molecule has 4 atom stereocenters. The normalized spacial score (nSPS) is 23.2. The smallest absolute Gasteiger partial charge is 0.459 e. The minimum atomic E-state index is -6.18. The number of hydrogen-bond acceptors (Lipinski definition) is 9. The molecule has 2 aromatic carbocycles. The van der Waals surface area contributed by atoms with E-state index in [4.69, 9.17) is 14.2 Å². The summed E-state index contributed by atoms with van der Waals surface area (Å²) in [5, 5.41) is 10.0. The van der Waals surface area contributed by atoms with E-state index in [9.17, 15) is 36.3 Å². The molecule has 0 bridgehead atoms. The summed E-state index contributed by atoms with van der Waals surface area (Å²) in [4.78, 5) is 24.6. The van der Waals surface area contributed by atoms with E-state index < -0.39 is 58.8 Å². The van der Waals surface area contributed by atoms with Crippen molar-refractivity contribution in [1.29, 1.82) is 0 Å². The Bertz CT molecular complexity index is 1070. The highest BCUT2D eigenvalue weighted by Gasteiger charge is 2.56. The van der Waals surface area contributed by atoms with Crippen LogP contribution in [0, 0.1) is 0 Å². The molecule has 13 heteroatoms. The van der Waals surface area contributed by atoms with E-state index in [2.05, 4.69) is 4.18 Å². The fourth-order valence-electron chi connectivity index (χ4n) is 2.87. The van der Waals surface area contributed by atoms with Gasteiger partial charge in [-0.3, -0.25) is 4.18 Å². The Morgan fingerprint density at radius 2 is 1.42 bits per heavy atom. The highest BCUT2D eigenvalue weighted by molar-refractivity contribution is 7.87. The van der Waals surface area contributed by atoms with Crippen LogP contribution < -0.4 is 0 Å². The van der Waals surface area contributed by atoms with E-state index in [0.717, 1.165) is 0 Å². The lowest BCUT2D eigenvalue weighted by Gasteiger charge is -2.23. The van der Waals surface area contributed by atoms with Crippen LogP contribution in [0.15, 0.2) is 60.7 Å². The molecule has 3 rings (SSSR count). The topological polar surface area (TPSA) is 125 Å². The van der Waals surface area contributed by atoms with Crippen molar-refractivity contribution in [2.24, 2.45) is 0 Å². The van der Waals surface area contributed by atoms with Crippen molar-refractivity contribution in [1.82, 2.24) is 0 Å². The summed E-state index contributed by atoms with van der Waals surface area (Å²) in [6.07, 6.45) is -7.91. The number of esters is 2. The first kappa shape index (κ1) is 24.6. The van der Waals surface area contributed by atoms with Gasteiger partial charge in [-0.1, -0.05) is 36.4 Å². The molecular weight excluding hydrogens is 473 g/mol. The van der Waals surface area contributed by atoms with Crippen LogP contribution in [0.4, 0.5) is 13.2 Å². The van der Waals surface area contributed by atoms with Crippen molar-refractivity contribution in [2.75, 3.05) is 6.61 Å². The van der Waals surface area contributed by atoms with Crippen LogP contribution in [0.2, 0.25) is 0 Å². The lowest BCUT2D eigenvalue weighted by atomic mass is 10.1. The number of carbonyl (C=O) groups is 2. The first-order valence-electron chi connectivity index (χ1n) is 9.31.